The van der Waals surface area contributed by atoms with Gasteiger partial charge in [0, 0.05) is 82.8 Å². The third kappa shape index (κ3) is 7.33. The van der Waals surface area contributed by atoms with Crippen molar-refractivity contribution in [2.75, 3.05) is 72.9 Å². The Balaban J connectivity index is 0.770. The minimum atomic E-state index is -3.14. The molecule has 19 heteroatoms. The van der Waals surface area contributed by atoms with Gasteiger partial charge in [-0.25, -0.2) is 18.2 Å². The predicted molar refractivity (Wildman–Crippen MR) is 229 cm³/mol. The highest BCUT2D eigenvalue weighted by molar-refractivity contribution is 6.33. The fourth-order valence-corrected chi connectivity index (χ4v) is 9.81. The first-order valence-corrected chi connectivity index (χ1v) is 21.6. The number of nitrogens with zero attached hydrogens (tertiary/aromatic N) is 8. The van der Waals surface area contributed by atoms with E-state index in [-0.39, 0.29) is 35.5 Å². The second kappa shape index (κ2) is 15.6. The van der Waals surface area contributed by atoms with E-state index in [4.69, 9.17) is 21.3 Å². The number of carbonyl (C=O) groups excluding carboxylic acids is 2. The number of halogens is 4. The molecule has 326 valence electrons. The van der Waals surface area contributed by atoms with Gasteiger partial charge < -0.3 is 29.7 Å². The lowest BCUT2D eigenvalue weighted by Gasteiger charge is -2.39. The number of imide groups is 1. The summed E-state index contributed by atoms with van der Waals surface area (Å²) in [5.74, 6) is -3.70. The highest BCUT2D eigenvalue weighted by Gasteiger charge is 2.51. The summed E-state index contributed by atoms with van der Waals surface area (Å²) in [5, 5.41) is 14.7. The van der Waals surface area contributed by atoms with Crippen LogP contribution in [0.15, 0.2) is 41.3 Å². The fraction of sp³-hybridized carbons (Fsp3) is 0.488. The van der Waals surface area contributed by atoms with Gasteiger partial charge in [0.15, 0.2) is 18.2 Å². The van der Waals surface area contributed by atoms with Gasteiger partial charge in [-0.2, -0.15) is 10.1 Å². The zero-order chi connectivity index (χ0) is 43.0. The van der Waals surface area contributed by atoms with E-state index in [0.717, 1.165) is 45.6 Å². The van der Waals surface area contributed by atoms with Crippen molar-refractivity contribution in [3.8, 4) is 5.75 Å². The summed E-state index contributed by atoms with van der Waals surface area (Å²) in [4.78, 5) is 53.5. The zero-order valence-electron chi connectivity index (χ0n) is 34.4. The number of rotatable bonds is 8. The molecule has 15 nitrogen and oxygen atoms in total. The van der Waals surface area contributed by atoms with Gasteiger partial charge in [-0.3, -0.25) is 29.3 Å². The van der Waals surface area contributed by atoms with E-state index in [1.165, 1.54) is 9.25 Å². The summed E-state index contributed by atoms with van der Waals surface area (Å²) < 4.78 is 54.9. The Bertz CT molecular complexity index is 2670. The smallest absolute Gasteiger partial charge is 0.301 e. The Morgan fingerprint density at radius 1 is 0.952 bits per heavy atom. The van der Waals surface area contributed by atoms with Crippen LogP contribution in [0.25, 0.3) is 21.8 Å². The monoisotopic (exact) mass is 873 g/mol. The number of piperidine rings is 2. The average molecular weight is 874 g/mol. The van der Waals surface area contributed by atoms with Gasteiger partial charge >= 0.3 is 5.92 Å². The summed E-state index contributed by atoms with van der Waals surface area (Å²) in [6.45, 7) is 4.53. The SMILES string of the molecule is Cn1nc(C2CCC(=O)NC2=O)c2ccc(N3CCN(CC4CCN(c5ncc(Cl)c(Nc6ccc7c(c6)c6c(c(=O)n7C)OCC(F)(F)[C@H](C7CC7)N6)n5)CC4)CC3)c(F)c21. The molecule has 3 N–H and O–H groups in total. The molecule has 5 aromatic rings. The molecule has 62 heavy (non-hydrogen) atoms. The topological polar surface area (TPSA) is 155 Å². The number of alkyl halides is 2. The van der Waals surface area contributed by atoms with Gasteiger partial charge in [-0.1, -0.05) is 11.6 Å². The maximum Gasteiger partial charge on any atom is 0.301 e. The normalized spacial score (nSPS) is 22.3. The minimum absolute atomic E-state index is 0.119. The Morgan fingerprint density at radius 2 is 1.73 bits per heavy atom. The van der Waals surface area contributed by atoms with Crippen LogP contribution in [0.3, 0.4) is 0 Å². The van der Waals surface area contributed by atoms with Crippen molar-refractivity contribution in [2.24, 2.45) is 25.9 Å². The number of hydrogen-bond acceptors (Lipinski definition) is 12. The van der Waals surface area contributed by atoms with Crippen LogP contribution in [-0.4, -0.2) is 105 Å². The lowest BCUT2D eigenvalue weighted by molar-refractivity contribution is -0.134. The van der Waals surface area contributed by atoms with Crippen molar-refractivity contribution in [3.63, 3.8) is 0 Å². The fourth-order valence-electron chi connectivity index (χ4n) is 9.67. The number of benzene rings is 2. The number of ether oxygens (including phenoxy) is 1. The number of carbonyl (C=O) groups is 2. The first kappa shape index (κ1) is 40.5. The predicted octanol–water partition coefficient (Wildman–Crippen LogP) is 5.53. The molecule has 0 spiro atoms. The highest BCUT2D eigenvalue weighted by Crippen LogP contribution is 2.46. The molecule has 2 amide bonds. The van der Waals surface area contributed by atoms with Crippen LogP contribution in [0, 0.1) is 17.7 Å². The first-order chi connectivity index (χ1) is 29.8. The number of fused-ring (bicyclic) bond motifs is 4. The van der Waals surface area contributed by atoms with Crippen molar-refractivity contribution < 1.29 is 27.5 Å². The standard InChI is InChI=1S/C43H47ClF3N11O4/c1-54-30-8-5-25(19-28(30)35-37(41(54)61)62-22-43(46,47)38(51-35)24-3-4-24)49-39-29(44)20-48-42(52-39)58-13-11-23(12-14-58)21-56-15-17-57(18-16-56)31-9-6-26-34(53-55(2)36(26)33(31)45)27-7-10-32(59)50-40(27)60/h5-6,8-9,19-20,23-24,27,38,51H,3-4,7,10-18,21-22H2,1-2H3,(H,48,49,52)(H,50,59,60)/t27?,38-/m0/s1. The first-order valence-electron chi connectivity index (χ1n) is 21.3. The molecule has 7 heterocycles. The molecule has 10 rings (SSSR count). The summed E-state index contributed by atoms with van der Waals surface area (Å²) in [6.07, 6.45) is 5.42. The van der Waals surface area contributed by atoms with Crippen LogP contribution in [0.4, 0.5) is 42.0 Å². The van der Waals surface area contributed by atoms with E-state index in [1.54, 1.807) is 44.6 Å². The molecule has 5 aliphatic rings. The third-order valence-corrected chi connectivity index (χ3v) is 13.5. The zero-order valence-corrected chi connectivity index (χ0v) is 35.2. The van der Waals surface area contributed by atoms with Crippen molar-refractivity contribution in [1.82, 2.24) is 34.5 Å². The molecular weight excluding hydrogens is 827 g/mol. The molecule has 3 saturated heterocycles. The van der Waals surface area contributed by atoms with Crippen LogP contribution in [0.2, 0.25) is 5.02 Å². The Hall–Kier alpha value is -5.62. The average Bonchev–Trinajstić information content (AvgIpc) is 4.06. The number of amides is 2. The summed E-state index contributed by atoms with van der Waals surface area (Å²) in [5.41, 5.74) is 2.31. The second-order valence-corrected chi connectivity index (χ2v) is 17.7. The van der Waals surface area contributed by atoms with Gasteiger partial charge in [-0.05, 0) is 74.3 Å². The number of pyridine rings is 1. The third-order valence-electron chi connectivity index (χ3n) is 13.3. The van der Waals surface area contributed by atoms with Crippen molar-refractivity contribution in [1.29, 1.82) is 0 Å². The summed E-state index contributed by atoms with van der Waals surface area (Å²) >= 11 is 6.62. The molecule has 1 aliphatic carbocycles. The lowest BCUT2D eigenvalue weighted by atomic mass is 9.92. The molecule has 4 fully saturated rings. The molecule has 2 aromatic carbocycles. The molecule has 2 atom stereocenters. The van der Waals surface area contributed by atoms with Crippen molar-refractivity contribution in [2.45, 2.75) is 56.4 Å². The van der Waals surface area contributed by atoms with Crippen molar-refractivity contribution in [3.05, 3.63) is 63.4 Å². The lowest BCUT2D eigenvalue weighted by Crippen LogP contribution is -2.49. The second-order valence-electron chi connectivity index (χ2n) is 17.3. The number of hydrogen-bond donors (Lipinski definition) is 3. The van der Waals surface area contributed by atoms with Crippen molar-refractivity contribution >= 4 is 74.0 Å². The van der Waals surface area contributed by atoms with E-state index in [2.05, 4.69) is 40.7 Å². The number of anilines is 5. The molecule has 0 bridgehead atoms. The Labute approximate surface area is 359 Å². The summed E-state index contributed by atoms with van der Waals surface area (Å²) in [6, 6.07) is 7.83. The van der Waals surface area contributed by atoms with E-state index >= 15 is 13.2 Å². The maximum atomic E-state index is 16.1. The van der Waals surface area contributed by atoms with Crippen LogP contribution in [0.1, 0.15) is 50.1 Å². The Morgan fingerprint density at radius 3 is 2.47 bits per heavy atom. The quantitative estimate of drug-likeness (QED) is 0.168. The number of piperazine rings is 1. The summed E-state index contributed by atoms with van der Waals surface area (Å²) in [7, 11) is 3.28. The van der Waals surface area contributed by atoms with Crippen LogP contribution >= 0.6 is 11.6 Å². The van der Waals surface area contributed by atoms with Gasteiger partial charge in [0.1, 0.15) is 10.5 Å². The molecule has 0 radical (unpaired) electrons. The van der Waals surface area contributed by atoms with E-state index < -0.39 is 36.0 Å². The van der Waals surface area contributed by atoms with E-state index in [0.29, 0.717) is 93.9 Å². The molecule has 1 saturated carbocycles. The highest BCUT2D eigenvalue weighted by atomic mass is 35.5. The number of nitrogens with one attached hydrogen (secondary N) is 3. The molecule has 3 aromatic heterocycles. The molecule has 1 unspecified atom stereocenters. The van der Waals surface area contributed by atoms with E-state index in [1.807, 2.05) is 6.07 Å². The number of aromatic nitrogens is 5. The van der Waals surface area contributed by atoms with Gasteiger partial charge in [0.05, 0.1) is 40.7 Å². The molecule has 4 aliphatic heterocycles. The van der Waals surface area contributed by atoms with Crippen LogP contribution in [-0.2, 0) is 23.7 Å². The molecular formula is C43H47ClF3N11O4. The van der Waals surface area contributed by atoms with Crippen LogP contribution in [0.5, 0.6) is 5.75 Å². The van der Waals surface area contributed by atoms with Crippen LogP contribution < -0.4 is 36.0 Å². The van der Waals surface area contributed by atoms with Gasteiger partial charge in [0.25, 0.3) is 5.56 Å². The Kier molecular flexibility index (Phi) is 10.2. The van der Waals surface area contributed by atoms with E-state index in [9.17, 15) is 14.4 Å². The number of aryl methyl sites for hydroxylation is 2. The largest absolute Gasteiger partial charge is 0.480 e. The maximum absolute atomic E-state index is 16.1. The van der Waals surface area contributed by atoms with Gasteiger partial charge in [0.2, 0.25) is 23.5 Å². The minimum Gasteiger partial charge on any atom is -0.480 e. The van der Waals surface area contributed by atoms with Gasteiger partial charge in [-0.15, -0.1) is 0 Å².